The van der Waals surface area contributed by atoms with Gasteiger partial charge in [-0.25, -0.2) is 4.98 Å². The second-order valence-corrected chi connectivity index (χ2v) is 6.78. The number of benzene rings is 1. The summed E-state index contributed by atoms with van der Waals surface area (Å²) in [6, 6.07) is 6.33. The van der Waals surface area contributed by atoms with Crippen molar-refractivity contribution < 1.29 is 4.74 Å². The molecule has 1 aliphatic rings. The van der Waals surface area contributed by atoms with E-state index in [1.807, 2.05) is 6.20 Å². The largest absolute Gasteiger partial charge is 0.492 e. The number of ether oxygens (including phenoxy) is 1. The van der Waals surface area contributed by atoms with E-state index in [0.717, 1.165) is 38.5 Å². The molecule has 0 saturated carbocycles. The second kappa shape index (κ2) is 7.84. The van der Waals surface area contributed by atoms with E-state index in [2.05, 4.69) is 59.6 Å². The highest BCUT2D eigenvalue weighted by Gasteiger charge is 2.23. The summed E-state index contributed by atoms with van der Waals surface area (Å²) in [5, 5.41) is 0. The molecule has 0 aliphatic carbocycles. The molecule has 0 spiro atoms. The third-order valence-corrected chi connectivity index (χ3v) is 5.20. The Bertz CT molecular complexity index is 657. The van der Waals surface area contributed by atoms with Crippen LogP contribution in [0.3, 0.4) is 0 Å². The number of piperidine rings is 1. The third kappa shape index (κ3) is 3.99. The van der Waals surface area contributed by atoms with Crippen LogP contribution in [0.25, 0.3) is 0 Å². The van der Waals surface area contributed by atoms with Gasteiger partial charge >= 0.3 is 0 Å². The van der Waals surface area contributed by atoms with Gasteiger partial charge in [0.25, 0.3) is 0 Å². The Hall–Kier alpha value is -1.81. The van der Waals surface area contributed by atoms with E-state index in [0.29, 0.717) is 5.92 Å². The molecular formula is C20H29N3O. The Balaban J connectivity index is 1.43. The van der Waals surface area contributed by atoms with Crippen LogP contribution in [-0.2, 0) is 6.54 Å². The number of aryl methyl sites for hydroxylation is 3. The fraction of sp³-hybridized carbons (Fsp3) is 0.550. The predicted octanol–water partition coefficient (Wildman–Crippen LogP) is 3.78. The Kier molecular flexibility index (Phi) is 5.56. The van der Waals surface area contributed by atoms with Crippen molar-refractivity contribution in [1.82, 2.24) is 14.5 Å². The maximum atomic E-state index is 5.92. The first-order valence-corrected chi connectivity index (χ1v) is 9.10. The Morgan fingerprint density at radius 1 is 1.17 bits per heavy atom. The van der Waals surface area contributed by atoms with Crippen molar-refractivity contribution in [3.8, 4) is 5.75 Å². The van der Waals surface area contributed by atoms with Crippen molar-refractivity contribution in [1.29, 1.82) is 0 Å². The Labute approximate surface area is 145 Å². The molecule has 0 amide bonds. The number of hydrogen-bond donors (Lipinski definition) is 0. The van der Waals surface area contributed by atoms with Crippen LogP contribution in [0.15, 0.2) is 30.6 Å². The van der Waals surface area contributed by atoms with Gasteiger partial charge in [0.05, 0.1) is 0 Å². The minimum absolute atomic E-state index is 0.608. The molecule has 1 aromatic carbocycles. The lowest BCUT2D eigenvalue weighted by Gasteiger charge is -2.31. The van der Waals surface area contributed by atoms with Crippen LogP contribution in [0.4, 0.5) is 0 Å². The van der Waals surface area contributed by atoms with E-state index in [-0.39, 0.29) is 0 Å². The summed E-state index contributed by atoms with van der Waals surface area (Å²) in [6.07, 6.45) is 6.42. The zero-order chi connectivity index (χ0) is 16.9. The topological polar surface area (TPSA) is 30.3 Å². The van der Waals surface area contributed by atoms with E-state index in [1.54, 1.807) is 0 Å². The van der Waals surface area contributed by atoms with E-state index in [9.17, 15) is 0 Å². The van der Waals surface area contributed by atoms with Gasteiger partial charge in [0.15, 0.2) is 0 Å². The molecular weight excluding hydrogens is 298 g/mol. The summed E-state index contributed by atoms with van der Waals surface area (Å²) in [6.45, 7) is 11.5. The van der Waals surface area contributed by atoms with Crippen LogP contribution in [0.5, 0.6) is 5.75 Å². The Morgan fingerprint density at radius 2 is 1.96 bits per heavy atom. The lowest BCUT2D eigenvalue weighted by Crippen LogP contribution is -2.36. The minimum Gasteiger partial charge on any atom is -0.492 e. The number of aromatic nitrogens is 2. The summed E-state index contributed by atoms with van der Waals surface area (Å²) in [5.74, 6) is 2.86. The van der Waals surface area contributed by atoms with Crippen LogP contribution in [0.1, 0.15) is 42.6 Å². The molecule has 24 heavy (non-hydrogen) atoms. The average Bonchev–Trinajstić information content (AvgIpc) is 3.07. The molecule has 0 radical (unpaired) electrons. The van der Waals surface area contributed by atoms with Crippen molar-refractivity contribution in [3.63, 3.8) is 0 Å². The van der Waals surface area contributed by atoms with E-state index in [4.69, 9.17) is 4.74 Å². The van der Waals surface area contributed by atoms with Crippen molar-refractivity contribution in [2.45, 2.75) is 46.1 Å². The molecule has 0 N–H and O–H groups in total. The summed E-state index contributed by atoms with van der Waals surface area (Å²) in [5.41, 5.74) is 2.61. The first-order valence-electron chi connectivity index (χ1n) is 9.10. The minimum atomic E-state index is 0.608. The average molecular weight is 327 g/mol. The highest BCUT2D eigenvalue weighted by Crippen LogP contribution is 2.26. The predicted molar refractivity (Wildman–Crippen MR) is 97.7 cm³/mol. The number of nitrogens with zero attached hydrogens (tertiary/aromatic N) is 3. The van der Waals surface area contributed by atoms with Crippen LogP contribution in [0, 0.1) is 13.8 Å². The molecule has 1 saturated heterocycles. The highest BCUT2D eigenvalue weighted by atomic mass is 16.5. The molecule has 4 heteroatoms. The second-order valence-electron chi connectivity index (χ2n) is 6.78. The molecule has 0 atom stereocenters. The van der Waals surface area contributed by atoms with Crippen LogP contribution in [-0.4, -0.2) is 40.7 Å². The highest BCUT2D eigenvalue weighted by molar-refractivity contribution is 5.33. The summed E-state index contributed by atoms with van der Waals surface area (Å²) in [7, 11) is 0. The van der Waals surface area contributed by atoms with Crippen LogP contribution >= 0.6 is 0 Å². The van der Waals surface area contributed by atoms with Crippen LogP contribution in [0.2, 0.25) is 0 Å². The molecule has 3 rings (SSSR count). The van der Waals surface area contributed by atoms with E-state index >= 15 is 0 Å². The lowest BCUT2D eigenvalue weighted by molar-refractivity contribution is 0.170. The van der Waals surface area contributed by atoms with E-state index in [1.165, 1.54) is 29.8 Å². The molecule has 1 fully saturated rings. The van der Waals surface area contributed by atoms with Crippen molar-refractivity contribution in [3.05, 3.63) is 47.5 Å². The third-order valence-electron chi connectivity index (χ3n) is 5.20. The van der Waals surface area contributed by atoms with Crippen LogP contribution < -0.4 is 4.74 Å². The van der Waals surface area contributed by atoms with E-state index < -0.39 is 0 Å². The number of likely N-dealkylation sites (tertiary alicyclic amines) is 1. The molecule has 2 heterocycles. The van der Waals surface area contributed by atoms with Gasteiger partial charge in [-0.2, -0.15) is 0 Å². The number of hydrogen-bond acceptors (Lipinski definition) is 3. The van der Waals surface area contributed by atoms with Gasteiger partial charge in [-0.1, -0.05) is 6.07 Å². The summed E-state index contributed by atoms with van der Waals surface area (Å²) >= 11 is 0. The zero-order valence-corrected chi connectivity index (χ0v) is 15.2. The van der Waals surface area contributed by atoms with Gasteiger partial charge in [0.2, 0.25) is 0 Å². The smallest absolute Gasteiger partial charge is 0.119 e. The summed E-state index contributed by atoms with van der Waals surface area (Å²) in [4.78, 5) is 7.08. The van der Waals surface area contributed by atoms with Gasteiger partial charge in [-0.3, -0.25) is 4.90 Å². The first-order chi connectivity index (χ1) is 11.7. The van der Waals surface area contributed by atoms with Gasteiger partial charge in [-0.05, 0) is 70.0 Å². The fourth-order valence-electron chi connectivity index (χ4n) is 3.46. The maximum absolute atomic E-state index is 5.92. The van der Waals surface area contributed by atoms with Crippen molar-refractivity contribution in [2.24, 2.45) is 0 Å². The molecule has 2 aromatic rings. The van der Waals surface area contributed by atoms with Gasteiger partial charge in [0.1, 0.15) is 18.2 Å². The molecule has 0 unspecified atom stereocenters. The van der Waals surface area contributed by atoms with Gasteiger partial charge in [-0.15, -0.1) is 0 Å². The Morgan fingerprint density at radius 3 is 2.67 bits per heavy atom. The molecule has 1 aromatic heterocycles. The molecule has 4 nitrogen and oxygen atoms in total. The van der Waals surface area contributed by atoms with Crippen molar-refractivity contribution >= 4 is 0 Å². The number of imidazole rings is 1. The molecule has 0 bridgehead atoms. The van der Waals surface area contributed by atoms with Gasteiger partial charge in [0, 0.05) is 31.4 Å². The maximum Gasteiger partial charge on any atom is 0.119 e. The first kappa shape index (κ1) is 17.0. The monoisotopic (exact) mass is 327 g/mol. The lowest BCUT2D eigenvalue weighted by atomic mass is 9.96. The normalized spacial score (nSPS) is 16.5. The quantitative estimate of drug-likeness (QED) is 0.809. The van der Waals surface area contributed by atoms with Gasteiger partial charge < -0.3 is 9.30 Å². The SMILES string of the molecule is CCn1ccnc1C1CCN(CCOc2ccc(C)c(C)c2)CC1. The number of rotatable bonds is 6. The summed E-state index contributed by atoms with van der Waals surface area (Å²) < 4.78 is 8.20. The molecule has 1 aliphatic heterocycles. The fourth-order valence-corrected chi connectivity index (χ4v) is 3.46. The van der Waals surface area contributed by atoms with Crippen molar-refractivity contribution in [2.75, 3.05) is 26.2 Å². The molecule has 130 valence electrons. The standard InChI is InChI=1S/C20H29N3O/c1-4-23-12-9-21-20(23)18-7-10-22(11-8-18)13-14-24-19-6-5-16(2)17(3)15-19/h5-6,9,12,15,18H,4,7-8,10-11,13-14H2,1-3H3. The zero-order valence-electron chi connectivity index (χ0n) is 15.2.